The molecule has 2 saturated heterocycles. The van der Waals surface area contributed by atoms with Gasteiger partial charge in [-0.3, -0.25) is 24.1 Å². The molecule has 0 aliphatic carbocycles. The second-order valence-electron chi connectivity index (χ2n) is 20.1. The Kier molecular flexibility index (Phi) is 22.1. The zero-order valence-electron chi connectivity index (χ0n) is 44.5. The first-order valence-corrected chi connectivity index (χ1v) is 27.0. The Bertz CT molecular complexity index is 2610. The van der Waals surface area contributed by atoms with Crippen LogP contribution in [0.15, 0.2) is 60.7 Å². The predicted octanol–water partition coefficient (Wildman–Crippen LogP) is 11.0. The molecule has 74 heavy (non-hydrogen) atoms. The molecule has 3 atom stereocenters. The van der Waals surface area contributed by atoms with E-state index in [2.05, 4.69) is 57.8 Å². The van der Waals surface area contributed by atoms with E-state index in [0.29, 0.717) is 64.1 Å². The third kappa shape index (κ3) is 16.9. The number of halogens is 2. The Morgan fingerprint density at radius 2 is 1.58 bits per heavy atom. The highest BCUT2D eigenvalue weighted by Gasteiger charge is 2.29. The number of piperazine rings is 1. The second-order valence-corrected chi connectivity index (χ2v) is 21.7. The van der Waals surface area contributed by atoms with E-state index in [1.807, 2.05) is 82.3 Å². The molecule has 3 heterocycles. The number of nitrogens with one attached hydrogen (secondary N) is 1. The quantitative estimate of drug-likeness (QED) is 0.0210. The van der Waals surface area contributed by atoms with Crippen molar-refractivity contribution in [1.82, 2.24) is 14.9 Å². The fraction of sp³-hybridized carbons (Fsp3) is 0.518. The lowest BCUT2D eigenvalue weighted by Gasteiger charge is -2.40. The summed E-state index contributed by atoms with van der Waals surface area (Å²) in [7, 11) is 1.46. The van der Waals surface area contributed by atoms with Crippen molar-refractivity contribution in [1.29, 1.82) is 5.26 Å². The van der Waals surface area contributed by atoms with Crippen molar-refractivity contribution in [3.8, 4) is 17.6 Å². The number of Topliss-reactive ketones (excluding diaryl/α,β-unsaturated/α-hetero) is 4. The average Bonchev–Trinajstić information content (AvgIpc) is 3.38. The van der Waals surface area contributed by atoms with Crippen molar-refractivity contribution in [3.05, 3.63) is 99.2 Å². The zero-order valence-corrected chi connectivity index (χ0v) is 47.0. The van der Waals surface area contributed by atoms with Gasteiger partial charge in [0, 0.05) is 98.8 Å². The van der Waals surface area contributed by atoms with Crippen LogP contribution in [0.5, 0.6) is 11.5 Å². The van der Waals surface area contributed by atoms with Crippen LogP contribution < -0.4 is 24.7 Å². The lowest BCUT2D eigenvalue weighted by Crippen LogP contribution is -2.49. The molecule has 0 spiro atoms. The number of thiol groups is 1. The Labute approximate surface area is 453 Å². The number of carbonyl (C=O) groups excluding carboxylic acids is 4. The highest BCUT2D eigenvalue weighted by atomic mass is 35.5. The molecule has 0 bridgehead atoms. The van der Waals surface area contributed by atoms with Crippen molar-refractivity contribution in [2.24, 2.45) is 17.8 Å². The minimum atomic E-state index is -0.846. The molecule has 400 valence electrons. The maximum atomic E-state index is 13.0. The number of nitrogens with zero attached hydrogens (tertiary/aromatic N) is 7. The van der Waals surface area contributed by atoms with Crippen molar-refractivity contribution in [3.63, 3.8) is 0 Å². The van der Waals surface area contributed by atoms with Crippen molar-refractivity contribution < 1.29 is 38.0 Å². The number of benzene rings is 3. The molecule has 2 N–H and O–H groups in total. The first-order chi connectivity index (χ1) is 35.1. The van der Waals surface area contributed by atoms with Crippen LogP contribution in [-0.2, 0) is 21.6 Å². The van der Waals surface area contributed by atoms with Crippen LogP contribution in [0, 0.1) is 29.1 Å². The molecule has 18 heteroatoms. The Morgan fingerprint density at radius 3 is 2.16 bits per heavy atom. The smallest absolute Gasteiger partial charge is 0.275 e. The molecule has 0 amide bonds. The average molecular weight is 1080 g/mol. The number of ether oxygens (including phenoxy) is 2. The summed E-state index contributed by atoms with van der Waals surface area (Å²) >= 11 is 16.6. The minimum absolute atomic E-state index is 0.0270. The fourth-order valence-corrected chi connectivity index (χ4v) is 9.36. The van der Waals surface area contributed by atoms with Crippen molar-refractivity contribution in [2.75, 3.05) is 80.6 Å². The number of hydroxylamine groups is 1. The number of alkyl halides is 1. The van der Waals surface area contributed by atoms with Gasteiger partial charge in [0.25, 0.3) is 5.95 Å². The highest BCUT2D eigenvalue weighted by Crippen LogP contribution is 2.39. The molecular formula is C56H75Cl2N8O7S+. The first kappa shape index (κ1) is 59.6. The molecular weight excluding hydrogens is 1000 g/mol. The molecule has 2 aliphatic heterocycles. The SMILES string of the molecule is CCC(=O)CCC(C)C(C)=O.CCC(C)C(=O)c1ccc(N2CCN(CC3CCN(c4cc(COc5ccc(C(C)(C)c6cc(Cl)c(OCCCl)c(C#N)c6)cc5)nc(N[N+](C)(O)S)n4)CC3)CC2)cc1C(C)=O. The monoisotopic (exact) mass is 1070 g/mol. The summed E-state index contributed by atoms with van der Waals surface area (Å²) in [6.07, 6.45) is 4.60. The van der Waals surface area contributed by atoms with Crippen molar-refractivity contribution in [2.45, 2.75) is 106 Å². The number of carbonyl (C=O) groups is 4. The molecule has 1 aromatic heterocycles. The predicted molar refractivity (Wildman–Crippen MR) is 296 cm³/mol. The summed E-state index contributed by atoms with van der Waals surface area (Å²) in [6.45, 7) is 21.5. The molecule has 2 fully saturated rings. The van der Waals surface area contributed by atoms with Gasteiger partial charge in [-0.1, -0.05) is 65.3 Å². The summed E-state index contributed by atoms with van der Waals surface area (Å²) in [5, 5.41) is 20.6. The molecule has 2 aliphatic rings. The van der Waals surface area contributed by atoms with Gasteiger partial charge in [0.15, 0.2) is 17.3 Å². The molecule has 4 aromatic rings. The van der Waals surface area contributed by atoms with Crippen LogP contribution in [0.25, 0.3) is 0 Å². The van der Waals surface area contributed by atoms with E-state index in [0.717, 1.165) is 87.7 Å². The molecule has 3 unspecified atom stereocenters. The van der Waals surface area contributed by atoms with Gasteiger partial charge in [0.2, 0.25) is 0 Å². The van der Waals surface area contributed by atoms with Gasteiger partial charge in [-0.05, 0) is 103 Å². The number of aromatic nitrogens is 2. The van der Waals surface area contributed by atoms with Crippen LogP contribution in [0.3, 0.4) is 0 Å². The number of hydrogen-bond donors (Lipinski definition) is 3. The lowest BCUT2D eigenvalue weighted by molar-refractivity contribution is -0.955. The topological polar surface area (TPSA) is 178 Å². The first-order valence-electron chi connectivity index (χ1n) is 25.6. The standard InChI is InChI=1S/C47H59Cl2N8O5S.C9H16O2/c1-7-31(2)44(59)40-13-10-38(27-41(40)32(3)58)55-21-19-54(20-22-55)29-33-14-17-56(18-15-33)43-26-37(51-46(52-43)53-57(6,60)63)30-62-39-11-8-35(9-12-39)47(4,5)36-24-34(28-50)45(42(49)25-36)61-23-16-48;1-4-9(11)6-5-7(2)8(3)10/h8-13,24-27,31,33,60,63H,7,14-23,29-30H2,1-6H3,(H,51,52,53);7H,4-6H2,1-3H3/q+1;. The highest BCUT2D eigenvalue weighted by molar-refractivity contribution is 7.74. The Morgan fingerprint density at radius 1 is 0.905 bits per heavy atom. The van der Waals surface area contributed by atoms with Crippen LogP contribution in [0.2, 0.25) is 5.02 Å². The van der Waals surface area contributed by atoms with E-state index in [1.54, 1.807) is 13.0 Å². The van der Waals surface area contributed by atoms with E-state index in [9.17, 15) is 29.6 Å². The van der Waals surface area contributed by atoms with Gasteiger partial charge < -0.3 is 19.3 Å². The van der Waals surface area contributed by atoms with E-state index >= 15 is 0 Å². The van der Waals surface area contributed by atoms with E-state index in [4.69, 9.17) is 37.7 Å². The summed E-state index contributed by atoms with van der Waals surface area (Å²) in [6, 6.07) is 21.3. The van der Waals surface area contributed by atoms with Crippen LogP contribution in [0.1, 0.15) is 137 Å². The Hall–Kier alpha value is -5.28. The summed E-state index contributed by atoms with van der Waals surface area (Å²) < 4.78 is 11.0. The number of anilines is 3. The van der Waals surface area contributed by atoms with Crippen molar-refractivity contribution >= 4 is 76.6 Å². The molecule has 6 rings (SSSR count). The molecule has 15 nitrogen and oxygen atoms in total. The number of hydrogen-bond acceptors (Lipinski definition) is 15. The molecule has 0 saturated carbocycles. The van der Waals surface area contributed by atoms with Gasteiger partial charge in [-0.15, -0.1) is 11.6 Å². The maximum absolute atomic E-state index is 13.0. The largest absolute Gasteiger partial charge is 0.489 e. The van der Waals surface area contributed by atoms with Crippen LogP contribution in [-0.4, -0.2) is 113 Å². The minimum Gasteiger partial charge on any atom is -0.489 e. The fourth-order valence-electron chi connectivity index (χ4n) is 8.92. The van der Waals surface area contributed by atoms with E-state index in [-0.39, 0.29) is 60.0 Å². The Balaban J connectivity index is 0.000000824. The van der Waals surface area contributed by atoms with Crippen LogP contribution >= 0.6 is 36.0 Å². The number of ketones is 4. The van der Waals surface area contributed by atoms with Crippen LogP contribution in [0.4, 0.5) is 17.5 Å². The second kappa shape index (κ2) is 27.5. The molecule has 0 radical (unpaired) electrons. The van der Waals surface area contributed by atoms with E-state index in [1.165, 1.54) is 14.0 Å². The zero-order chi connectivity index (χ0) is 54.3. The number of piperidine rings is 1. The number of quaternary nitrogens is 1. The maximum Gasteiger partial charge on any atom is 0.275 e. The normalized spacial score (nSPS) is 15.9. The number of nitriles is 1. The summed E-state index contributed by atoms with van der Waals surface area (Å²) in [5.74, 6) is 3.07. The molecule has 3 aromatic carbocycles. The van der Waals surface area contributed by atoms with Gasteiger partial charge in [0.05, 0.1) is 22.2 Å². The van der Waals surface area contributed by atoms with Gasteiger partial charge in [-0.25, -0.2) is 4.98 Å². The third-order valence-corrected chi connectivity index (χ3v) is 14.6. The van der Waals surface area contributed by atoms with Gasteiger partial charge in [0.1, 0.15) is 62.3 Å². The summed E-state index contributed by atoms with van der Waals surface area (Å²) in [5.41, 5.74) is 7.23. The number of rotatable bonds is 23. The van der Waals surface area contributed by atoms with Gasteiger partial charge in [-0.2, -0.15) is 20.9 Å². The summed E-state index contributed by atoms with van der Waals surface area (Å²) in [4.78, 5) is 63.6. The third-order valence-electron chi connectivity index (χ3n) is 14.1. The lowest BCUT2D eigenvalue weighted by atomic mass is 9.77. The van der Waals surface area contributed by atoms with Gasteiger partial charge >= 0.3 is 0 Å². The van der Waals surface area contributed by atoms with E-state index < -0.39 is 9.58 Å².